The first kappa shape index (κ1) is 20.3. The summed E-state index contributed by atoms with van der Waals surface area (Å²) in [4.78, 5) is 8.62. The molecular weight excluding hydrogens is 480 g/mol. The van der Waals surface area contributed by atoms with Crippen molar-refractivity contribution in [3.63, 3.8) is 0 Å². The maximum absolute atomic E-state index is 14.9. The summed E-state index contributed by atoms with van der Waals surface area (Å²) in [5, 5.41) is 7.75. The number of hydrogen-bond donors (Lipinski definition) is 1. The highest BCUT2D eigenvalue weighted by Crippen LogP contribution is 2.36. The molecule has 3 aromatic heterocycles. The van der Waals surface area contributed by atoms with E-state index in [2.05, 4.69) is 36.3 Å². The van der Waals surface area contributed by atoms with Gasteiger partial charge < -0.3 is 10.1 Å². The molecule has 0 unspecified atom stereocenters. The van der Waals surface area contributed by atoms with E-state index < -0.39 is 5.82 Å². The lowest BCUT2D eigenvalue weighted by molar-refractivity contribution is 0.225. The molecule has 1 N–H and O–H groups in total. The smallest absolute Gasteiger partial charge is 0.172 e. The van der Waals surface area contributed by atoms with Gasteiger partial charge in [0.2, 0.25) is 0 Å². The molecule has 0 fully saturated rings. The van der Waals surface area contributed by atoms with Crippen LogP contribution in [0.5, 0.6) is 5.75 Å². The van der Waals surface area contributed by atoms with E-state index in [1.807, 2.05) is 13.0 Å². The molecule has 0 bridgehead atoms. The average molecular weight is 496 g/mol. The van der Waals surface area contributed by atoms with Crippen LogP contribution in [0.25, 0.3) is 16.4 Å². The maximum atomic E-state index is 14.9. The van der Waals surface area contributed by atoms with E-state index in [1.54, 1.807) is 36.5 Å². The zero-order valence-corrected chi connectivity index (χ0v) is 18.3. The first-order chi connectivity index (χ1) is 15.5. The molecule has 160 valence electrons. The normalized spacial score (nSPS) is 12.2. The quantitative estimate of drug-likeness (QED) is 0.314. The highest BCUT2D eigenvalue weighted by molar-refractivity contribution is 9.10. The monoisotopic (exact) mass is 495 g/mol. The number of nitrogens with zero attached hydrogens (tertiary/aromatic N) is 4. The second-order valence-corrected chi connectivity index (χ2v) is 8.02. The number of hydrogen-bond acceptors (Lipinski definition) is 5. The van der Waals surface area contributed by atoms with Crippen LogP contribution in [-0.4, -0.2) is 19.6 Å². The molecule has 0 amide bonds. The Hall–Kier alpha value is -3.59. The molecular formula is C23H16BrF2N5O. The second kappa shape index (κ2) is 8.16. The molecule has 3 heterocycles. The molecule has 32 heavy (non-hydrogen) atoms. The average Bonchev–Trinajstić information content (AvgIpc) is 3.27. The summed E-state index contributed by atoms with van der Waals surface area (Å²) in [6, 6.07) is 12.9. The van der Waals surface area contributed by atoms with Gasteiger partial charge in [-0.2, -0.15) is 5.10 Å². The summed E-state index contributed by atoms with van der Waals surface area (Å²) < 4.78 is 36.4. The Morgan fingerprint density at radius 2 is 1.88 bits per heavy atom. The lowest BCUT2D eigenvalue weighted by atomic mass is 10.1. The number of halogens is 3. The van der Waals surface area contributed by atoms with Crippen molar-refractivity contribution in [1.29, 1.82) is 0 Å². The minimum Gasteiger partial charge on any atom is -0.485 e. The molecule has 9 heteroatoms. The first-order valence-electron chi connectivity index (χ1n) is 9.75. The largest absolute Gasteiger partial charge is 0.485 e. The van der Waals surface area contributed by atoms with Gasteiger partial charge in [0, 0.05) is 11.6 Å². The van der Waals surface area contributed by atoms with Crippen LogP contribution in [0, 0.1) is 11.6 Å². The molecule has 1 atom stereocenters. The third-order valence-corrected chi connectivity index (χ3v) is 5.72. The van der Waals surface area contributed by atoms with Crippen LogP contribution in [0.4, 0.5) is 20.3 Å². The van der Waals surface area contributed by atoms with E-state index in [9.17, 15) is 8.78 Å². The predicted octanol–water partition coefficient (Wildman–Crippen LogP) is 6.20. The number of ether oxygens (including phenoxy) is 1. The standard InChI is InChI=1S/C23H16BrF2N5O/c1-13(14-2-4-15(25)5-3-14)32-21-10-16-19(11-17(21)24)27-12-28-23(16)30-18-7-9-31-20(22(18)26)6-8-29-31/h2-13H,1H3,(H,27,28,30)/t13-/m0/s1. The maximum Gasteiger partial charge on any atom is 0.172 e. The van der Waals surface area contributed by atoms with Gasteiger partial charge in [0.05, 0.1) is 21.9 Å². The summed E-state index contributed by atoms with van der Waals surface area (Å²) >= 11 is 3.52. The number of fused-ring (bicyclic) bond motifs is 2. The van der Waals surface area contributed by atoms with Gasteiger partial charge in [0.1, 0.15) is 35.3 Å². The lowest BCUT2D eigenvalue weighted by Crippen LogP contribution is -2.04. The van der Waals surface area contributed by atoms with Crippen molar-refractivity contribution in [3.05, 3.63) is 88.9 Å². The molecule has 0 radical (unpaired) electrons. The van der Waals surface area contributed by atoms with Crippen molar-refractivity contribution >= 4 is 43.9 Å². The summed E-state index contributed by atoms with van der Waals surface area (Å²) in [7, 11) is 0. The van der Waals surface area contributed by atoms with Crippen LogP contribution >= 0.6 is 15.9 Å². The van der Waals surface area contributed by atoms with E-state index >= 15 is 0 Å². The molecule has 5 rings (SSSR count). The van der Waals surface area contributed by atoms with E-state index in [1.165, 1.54) is 29.2 Å². The van der Waals surface area contributed by atoms with Crippen molar-refractivity contribution in [1.82, 2.24) is 19.6 Å². The van der Waals surface area contributed by atoms with Crippen molar-refractivity contribution in [2.45, 2.75) is 13.0 Å². The zero-order valence-electron chi connectivity index (χ0n) is 16.8. The van der Waals surface area contributed by atoms with Crippen LogP contribution in [0.15, 0.2) is 71.7 Å². The van der Waals surface area contributed by atoms with E-state index in [0.717, 1.165) is 5.56 Å². The van der Waals surface area contributed by atoms with Gasteiger partial charge in [0.25, 0.3) is 0 Å². The highest BCUT2D eigenvalue weighted by Gasteiger charge is 2.15. The first-order valence-corrected chi connectivity index (χ1v) is 10.5. The molecule has 0 aliphatic heterocycles. The number of aromatic nitrogens is 4. The molecule has 2 aromatic carbocycles. The Balaban J connectivity index is 1.51. The number of nitrogens with one attached hydrogen (secondary N) is 1. The van der Waals surface area contributed by atoms with Crippen molar-refractivity contribution in [3.8, 4) is 5.75 Å². The van der Waals surface area contributed by atoms with Crippen LogP contribution in [-0.2, 0) is 0 Å². The number of pyridine rings is 1. The third-order valence-electron chi connectivity index (χ3n) is 5.10. The van der Waals surface area contributed by atoms with Gasteiger partial charge in [-0.25, -0.2) is 23.3 Å². The van der Waals surface area contributed by atoms with Gasteiger partial charge in [0.15, 0.2) is 5.82 Å². The fourth-order valence-corrected chi connectivity index (χ4v) is 3.85. The van der Waals surface area contributed by atoms with Gasteiger partial charge in [-0.3, -0.25) is 0 Å². The highest BCUT2D eigenvalue weighted by atomic mass is 79.9. The van der Waals surface area contributed by atoms with Crippen LogP contribution in [0.3, 0.4) is 0 Å². The fourth-order valence-electron chi connectivity index (χ4n) is 3.43. The van der Waals surface area contributed by atoms with Crippen molar-refractivity contribution < 1.29 is 13.5 Å². The Bertz CT molecular complexity index is 1440. The molecule has 0 saturated heterocycles. The van der Waals surface area contributed by atoms with Crippen LogP contribution in [0.1, 0.15) is 18.6 Å². The minimum atomic E-state index is -0.435. The molecule has 0 spiro atoms. The minimum absolute atomic E-state index is 0.267. The Labute approximate surface area is 190 Å². The Morgan fingerprint density at radius 3 is 2.69 bits per heavy atom. The summed E-state index contributed by atoms with van der Waals surface area (Å²) in [6.07, 6.45) is 4.28. The van der Waals surface area contributed by atoms with E-state index in [0.29, 0.717) is 32.5 Å². The summed E-state index contributed by atoms with van der Waals surface area (Å²) in [6.45, 7) is 1.88. The SMILES string of the molecule is C[C@H](Oc1cc2c(Nc3ccn4nccc4c3F)ncnc2cc1Br)c1ccc(F)cc1. The van der Waals surface area contributed by atoms with Gasteiger partial charge in [-0.1, -0.05) is 12.1 Å². The molecule has 0 saturated carbocycles. The topological polar surface area (TPSA) is 64.3 Å². The summed E-state index contributed by atoms with van der Waals surface area (Å²) in [5.74, 6) is 0.251. The number of benzene rings is 2. The second-order valence-electron chi connectivity index (χ2n) is 7.16. The van der Waals surface area contributed by atoms with E-state index in [4.69, 9.17) is 4.74 Å². The zero-order chi connectivity index (χ0) is 22.2. The summed E-state index contributed by atoms with van der Waals surface area (Å²) in [5.41, 5.74) is 2.11. The van der Waals surface area contributed by atoms with Crippen molar-refractivity contribution in [2.24, 2.45) is 0 Å². The molecule has 0 aliphatic rings. The predicted molar refractivity (Wildman–Crippen MR) is 121 cm³/mol. The van der Waals surface area contributed by atoms with Crippen LogP contribution in [0.2, 0.25) is 0 Å². The Kier molecular flexibility index (Phi) is 5.18. The number of anilines is 2. The third kappa shape index (κ3) is 3.75. The van der Waals surface area contributed by atoms with Crippen LogP contribution < -0.4 is 10.1 Å². The van der Waals surface area contributed by atoms with Gasteiger partial charge >= 0.3 is 0 Å². The Morgan fingerprint density at radius 1 is 1.06 bits per heavy atom. The lowest BCUT2D eigenvalue weighted by Gasteiger charge is -2.17. The molecule has 6 nitrogen and oxygen atoms in total. The van der Waals surface area contributed by atoms with Gasteiger partial charge in [-0.15, -0.1) is 0 Å². The van der Waals surface area contributed by atoms with E-state index in [-0.39, 0.29) is 17.6 Å². The number of rotatable bonds is 5. The van der Waals surface area contributed by atoms with Crippen molar-refractivity contribution in [2.75, 3.05) is 5.32 Å². The molecule has 0 aliphatic carbocycles. The molecule has 5 aromatic rings. The van der Waals surface area contributed by atoms with Gasteiger partial charge in [-0.05, 0) is 64.8 Å². The fraction of sp³-hybridized carbons (Fsp3) is 0.0870.